The number of pyridine rings is 1. The Kier molecular flexibility index (Phi) is 5.53. The van der Waals surface area contributed by atoms with Crippen molar-refractivity contribution in [3.8, 4) is 40.2 Å². The number of nitriles is 1. The Hall–Kier alpha value is -4.85. The standard InChI is InChI=1S/C23H19N9O2/c1-15(13-31-14-27-29-30-31)34-18-5-3-4-16(8-18)20-6-7-22-25-12-21(32(22)28-20)19-9-23(33-2)26-11-17(19)10-24/h3-9,11-12,14-15H,13H2,1-2H3. The third kappa shape index (κ3) is 4.12. The molecule has 0 saturated heterocycles. The van der Waals surface area contributed by atoms with E-state index in [2.05, 4.69) is 31.6 Å². The van der Waals surface area contributed by atoms with Gasteiger partial charge in [-0.05, 0) is 41.6 Å². The fourth-order valence-corrected chi connectivity index (χ4v) is 3.59. The molecule has 0 saturated carbocycles. The molecule has 0 radical (unpaired) electrons. The maximum atomic E-state index is 9.56. The van der Waals surface area contributed by atoms with Gasteiger partial charge in [-0.25, -0.2) is 19.2 Å². The highest BCUT2D eigenvalue weighted by Crippen LogP contribution is 2.28. The van der Waals surface area contributed by atoms with Crippen LogP contribution in [-0.4, -0.2) is 53.0 Å². The summed E-state index contributed by atoms with van der Waals surface area (Å²) in [7, 11) is 1.53. The first kappa shape index (κ1) is 21.0. The van der Waals surface area contributed by atoms with Crippen LogP contribution >= 0.6 is 0 Å². The highest BCUT2D eigenvalue weighted by Gasteiger charge is 2.15. The quantitative estimate of drug-likeness (QED) is 0.365. The van der Waals surface area contributed by atoms with Crippen molar-refractivity contribution in [1.29, 1.82) is 5.26 Å². The maximum Gasteiger partial charge on any atom is 0.213 e. The van der Waals surface area contributed by atoms with E-state index in [1.54, 1.807) is 27.8 Å². The minimum absolute atomic E-state index is 0.138. The van der Waals surface area contributed by atoms with Gasteiger partial charge in [0.1, 0.15) is 24.3 Å². The summed E-state index contributed by atoms with van der Waals surface area (Å²) in [5.41, 5.74) is 3.96. The predicted molar refractivity (Wildman–Crippen MR) is 121 cm³/mol. The molecule has 1 unspecified atom stereocenters. The van der Waals surface area contributed by atoms with E-state index in [-0.39, 0.29) is 6.10 Å². The van der Waals surface area contributed by atoms with Crippen molar-refractivity contribution >= 4 is 5.65 Å². The zero-order valence-corrected chi connectivity index (χ0v) is 18.4. The van der Waals surface area contributed by atoms with Gasteiger partial charge in [0.15, 0.2) is 5.65 Å². The molecule has 4 aromatic heterocycles. The lowest BCUT2D eigenvalue weighted by Crippen LogP contribution is -2.20. The first-order valence-corrected chi connectivity index (χ1v) is 10.4. The first-order valence-electron chi connectivity index (χ1n) is 10.4. The van der Waals surface area contributed by atoms with Gasteiger partial charge in [0.2, 0.25) is 5.88 Å². The molecule has 5 aromatic rings. The van der Waals surface area contributed by atoms with E-state index < -0.39 is 0 Å². The molecule has 34 heavy (non-hydrogen) atoms. The average molecular weight is 453 g/mol. The largest absolute Gasteiger partial charge is 0.489 e. The summed E-state index contributed by atoms with van der Waals surface area (Å²) in [6.45, 7) is 2.47. The van der Waals surface area contributed by atoms with Crippen LogP contribution in [0.15, 0.2) is 61.2 Å². The monoisotopic (exact) mass is 453 g/mol. The second-order valence-corrected chi connectivity index (χ2v) is 7.50. The van der Waals surface area contributed by atoms with Gasteiger partial charge in [-0.1, -0.05) is 12.1 Å². The molecule has 11 nitrogen and oxygen atoms in total. The zero-order chi connectivity index (χ0) is 23.5. The van der Waals surface area contributed by atoms with Crippen molar-refractivity contribution < 1.29 is 9.47 Å². The van der Waals surface area contributed by atoms with Gasteiger partial charge in [0, 0.05) is 23.4 Å². The summed E-state index contributed by atoms with van der Waals surface area (Å²) in [5.74, 6) is 1.11. The average Bonchev–Trinajstić information content (AvgIpc) is 3.53. The smallest absolute Gasteiger partial charge is 0.213 e. The van der Waals surface area contributed by atoms with Gasteiger partial charge in [-0.15, -0.1) is 5.10 Å². The number of benzene rings is 1. The van der Waals surface area contributed by atoms with Crippen LogP contribution in [-0.2, 0) is 6.54 Å². The van der Waals surface area contributed by atoms with E-state index in [0.717, 1.165) is 11.3 Å². The predicted octanol–water partition coefficient (Wildman–Crippen LogP) is 2.79. The van der Waals surface area contributed by atoms with Gasteiger partial charge in [-0.2, -0.15) is 10.4 Å². The minimum atomic E-state index is -0.138. The number of ether oxygens (including phenoxy) is 2. The van der Waals surface area contributed by atoms with Crippen LogP contribution in [0.4, 0.5) is 0 Å². The van der Waals surface area contributed by atoms with Crippen molar-refractivity contribution in [3.05, 3.63) is 66.7 Å². The Morgan fingerprint density at radius 3 is 2.82 bits per heavy atom. The van der Waals surface area contributed by atoms with Crippen LogP contribution in [0, 0.1) is 11.3 Å². The van der Waals surface area contributed by atoms with Crippen molar-refractivity contribution in [2.45, 2.75) is 19.6 Å². The zero-order valence-electron chi connectivity index (χ0n) is 18.4. The Morgan fingerprint density at radius 2 is 2.03 bits per heavy atom. The van der Waals surface area contributed by atoms with E-state index >= 15 is 0 Å². The summed E-state index contributed by atoms with van der Waals surface area (Å²) >= 11 is 0. The van der Waals surface area contributed by atoms with Gasteiger partial charge in [0.05, 0.1) is 36.8 Å². The van der Waals surface area contributed by atoms with Gasteiger partial charge < -0.3 is 9.47 Å². The summed E-state index contributed by atoms with van der Waals surface area (Å²) in [5, 5.41) is 25.5. The normalized spacial score (nSPS) is 11.8. The molecule has 0 fully saturated rings. The van der Waals surface area contributed by atoms with Gasteiger partial charge in [0.25, 0.3) is 0 Å². The van der Waals surface area contributed by atoms with Crippen LogP contribution in [0.5, 0.6) is 11.6 Å². The molecular weight excluding hydrogens is 434 g/mol. The molecule has 4 heterocycles. The summed E-state index contributed by atoms with van der Waals surface area (Å²) in [4.78, 5) is 8.56. The summed E-state index contributed by atoms with van der Waals surface area (Å²) < 4.78 is 14.6. The molecule has 0 aliphatic carbocycles. The number of fused-ring (bicyclic) bond motifs is 1. The molecule has 0 aliphatic rings. The molecule has 0 N–H and O–H groups in total. The lowest BCUT2D eigenvalue weighted by Gasteiger charge is -2.15. The highest BCUT2D eigenvalue weighted by atomic mass is 16.5. The second-order valence-electron chi connectivity index (χ2n) is 7.50. The summed E-state index contributed by atoms with van der Waals surface area (Å²) in [6.07, 6.45) is 4.57. The first-order chi connectivity index (χ1) is 16.6. The summed E-state index contributed by atoms with van der Waals surface area (Å²) in [6, 6.07) is 15.3. The van der Waals surface area contributed by atoms with Crippen molar-refractivity contribution in [3.63, 3.8) is 0 Å². The SMILES string of the molecule is COc1cc(-c2cnc3ccc(-c4cccc(OC(C)Cn5cnnn5)c4)nn23)c(C#N)cn1. The Bertz CT molecular complexity index is 1490. The third-order valence-electron chi connectivity index (χ3n) is 5.15. The number of hydrogen-bond acceptors (Lipinski definition) is 9. The maximum absolute atomic E-state index is 9.56. The highest BCUT2D eigenvalue weighted by molar-refractivity contribution is 5.71. The van der Waals surface area contributed by atoms with Crippen LogP contribution in [0.2, 0.25) is 0 Å². The minimum Gasteiger partial charge on any atom is -0.489 e. The molecule has 0 bridgehead atoms. The van der Waals surface area contributed by atoms with Gasteiger partial charge in [-0.3, -0.25) is 0 Å². The third-order valence-corrected chi connectivity index (χ3v) is 5.15. The number of nitrogens with zero attached hydrogens (tertiary/aromatic N) is 9. The van der Waals surface area contributed by atoms with E-state index in [1.165, 1.54) is 13.3 Å². The molecule has 0 amide bonds. The number of imidazole rings is 1. The topological polar surface area (TPSA) is 129 Å². The molecule has 1 aromatic carbocycles. The molecule has 0 aliphatic heterocycles. The Labute approximate surface area is 194 Å². The molecule has 5 rings (SSSR count). The van der Waals surface area contributed by atoms with Crippen molar-refractivity contribution in [2.75, 3.05) is 7.11 Å². The molecule has 168 valence electrons. The van der Waals surface area contributed by atoms with Crippen LogP contribution in [0.3, 0.4) is 0 Å². The molecule has 0 spiro atoms. The van der Waals surface area contributed by atoms with E-state index in [9.17, 15) is 5.26 Å². The Balaban J connectivity index is 1.48. The molecule has 11 heteroatoms. The number of rotatable bonds is 7. The van der Waals surface area contributed by atoms with E-state index in [4.69, 9.17) is 14.6 Å². The number of methoxy groups -OCH3 is 1. The number of aromatic nitrogens is 8. The fourth-order valence-electron chi connectivity index (χ4n) is 3.59. The lowest BCUT2D eigenvalue weighted by atomic mass is 10.1. The lowest BCUT2D eigenvalue weighted by molar-refractivity contribution is 0.193. The van der Waals surface area contributed by atoms with Crippen molar-refractivity contribution in [2.24, 2.45) is 0 Å². The van der Waals surface area contributed by atoms with Crippen LogP contribution in [0.25, 0.3) is 28.2 Å². The number of hydrogen-bond donors (Lipinski definition) is 0. The van der Waals surface area contributed by atoms with Gasteiger partial charge >= 0.3 is 0 Å². The number of tetrazole rings is 1. The van der Waals surface area contributed by atoms with E-state index in [0.29, 0.717) is 40.6 Å². The van der Waals surface area contributed by atoms with Crippen molar-refractivity contribution in [1.82, 2.24) is 39.8 Å². The molecular formula is C23H19N9O2. The van der Waals surface area contributed by atoms with E-state index in [1.807, 2.05) is 43.3 Å². The fraction of sp³-hybridized carbons (Fsp3) is 0.174. The Morgan fingerprint density at radius 1 is 1.12 bits per heavy atom. The van der Waals surface area contributed by atoms with Crippen LogP contribution in [0.1, 0.15) is 12.5 Å². The van der Waals surface area contributed by atoms with Crippen LogP contribution < -0.4 is 9.47 Å². The molecule has 1 atom stereocenters. The second kappa shape index (κ2) is 8.95.